The van der Waals surface area contributed by atoms with Gasteiger partial charge in [0.1, 0.15) is 5.82 Å². The first-order chi connectivity index (χ1) is 9.54. The van der Waals surface area contributed by atoms with Crippen LogP contribution in [0.4, 0.5) is 4.39 Å². The number of halogens is 3. The maximum absolute atomic E-state index is 13.1. The molecule has 0 aliphatic carbocycles. The van der Waals surface area contributed by atoms with Crippen molar-refractivity contribution in [3.05, 3.63) is 68.4 Å². The quantitative estimate of drug-likeness (QED) is 0.738. The first-order valence-corrected chi connectivity index (χ1v) is 8.05. The Morgan fingerprint density at radius 3 is 2.35 bits per heavy atom. The van der Waals surface area contributed by atoms with E-state index < -0.39 is 0 Å². The molecule has 1 nitrogen and oxygen atoms in total. The molecule has 1 unspecified atom stereocenters. The summed E-state index contributed by atoms with van der Waals surface area (Å²) >= 11 is 6.64. The lowest BCUT2D eigenvalue weighted by atomic mass is 10.1. The minimum Gasteiger partial charge on any atom is -0.310 e. The summed E-state index contributed by atoms with van der Waals surface area (Å²) in [6.45, 7) is 2.89. The van der Waals surface area contributed by atoms with E-state index in [1.807, 2.05) is 6.07 Å². The fraction of sp³-hybridized carbons (Fsp3) is 0.250. The average Bonchev–Trinajstić information content (AvgIpc) is 2.43. The van der Waals surface area contributed by atoms with Gasteiger partial charge in [0.15, 0.2) is 0 Å². The molecular weight excluding hydrogens is 385 g/mol. The molecule has 2 aromatic carbocycles. The summed E-state index contributed by atoms with van der Waals surface area (Å²) < 4.78 is 14.8. The second-order valence-electron chi connectivity index (χ2n) is 4.86. The highest BCUT2D eigenvalue weighted by atomic mass is 79.9. The van der Waals surface area contributed by atoms with Crippen LogP contribution in [0, 0.1) is 5.82 Å². The van der Waals surface area contributed by atoms with Crippen molar-refractivity contribution in [3.63, 3.8) is 0 Å². The Morgan fingerprint density at radius 2 is 1.70 bits per heavy atom. The summed E-state index contributed by atoms with van der Waals surface area (Å²) in [4.78, 5) is 0. The maximum Gasteiger partial charge on any atom is 0.137 e. The first-order valence-electron chi connectivity index (χ1n) is 6.46. The van der Waals surface area contributed by atoms with E-state index in [1.54, 1.807) is 6.07 Å². The van der Waals surface area contributed by atoms with Crippen molar-refractivity contribution in [2.24, 2.45) is 0 Å². The number of nitrogens with one attached hydrogen (secondary N) is 1. The van der Waals surface area contributed by atoms with Crippen molar-refractivity contribution >= 4 is 31.9 Å². The molecule has 0 fully saturated rings. The van der Waals surface area contributed by atoms with Gasteiger partial charge in [0.05, 0.1) is 4.47 Å². The molecule has 0 aromatic heterocycles. The molecule has 0 aliphatic heterocycles. The molecule has 0 aliphatic rings. The second-order valence-corrected chi connectivity index (χ2v) is 6.63. The van der Waals surface area contributed by atoms with Gasteiger partial charge in [-0.05, 0) is 64.7 Å². The van der Waals surface area contributed by atoms with Gasteiger partial charge < -0.3 is 5.32 Å². The molecule has 2 rings (SSSR count). The standard InChI is InChI=1S/C16H16Br2FN/c1-11(8-12-2-5-14(17)6-3-12)20-10-13-4-7-16(19)15(18)9-13/h2-7,9,11,20H,8,10H2,1H3. The van der Waals surface area contributed by atoms with Crippen LogP contribution >= 0.6 is 31.9 Å². The van der Waals surface area contributed by atoms with E-state index in [1.165, 1.54) is 11.6 Å². The van der Waals surface area contributed by atoms with Gasteiger partial charge in [-0.15, -0.1) is 0 Å². The average molecular weight is 401 g/mol. The smallest absolute Gasteiger partial charge is 0.137 e. The Labute approximate surface area is 135 Å². The monoisotopic (exact) mass is 399 g/mol. The van der Waals surface area contributed by atoms with Crippen LogP contribution in [0.2, 0.25) is 0 Å². The lowest BCUT2D eigenvalue weighted by molar-refractivity contribution is 0.544. The highest BCUT2D eigenvalue weighted by Crippen LogP contribution is 2.17. The van der Waals surface area contributed by atoms with Gasteiger partial charge in [0.2, 0.25) is 0 Å². The zero-order valence-electron chi connectivity index (χ0n) is 11.2. The summed E-state index contributed by atoms with van der Waals surface area (Å²) in [7, 11) is 0. The van der Waals surface area contributed by atoms with Crippen LogP contribution in [-0.4, -0.2) is 6.04 Å². The minimum atomic E-state index is -0.225. The fourth-order valence-electron chi connectivity index (χ4n) is 1.99. The van der Waals surface area contributed by atoms with E-state index in [4.69, 9.17) is 0 Å². The molecule has 0 saturated carbocycles. The Bertz CT molecular complexity index is 569. The van der Waals surface area contributed by atoms with Crippen molar-refractivity contribution in [2.45, 2.75) is 25.9 Å². The number of benzene rings is 2. The second kappa shape index (κ2) is 7.34. The van der Waals surface area contributed by atoms with Crippen molar-refractivity contribution < 1.29 is 4.39 Å². The van der Waals surface area contributed by atoms with Gasteiger partial charge in [-0.1, -0.05) is 34.1 Å². The van der Waals surface area contributed by atoms with Crippen molar-refractivity contribution in [1.82, 2.24) is 5.32 Å². The van der Waals surface area contributed by atoms with Gasteiger partial charge in [-0.3, -0.25) is 0 Å². The largest absolute Gasteiger partial charge is 0.310 e. The lowest BCUT2D eigenvalue weighted by Gasteiger charge is -2.14. The Morgan fingerprint density at radius 1 is 1.05 bits per heavy atom. The van der Waals surface area contributed by atoms with E-state index in [2.05, 4.69) is 68.4 Å². The molecule has 20 heavy (non-hydrogen) atoms. The molecule has 0 spiro atoms. The van der Waals surface area contributed by atoms with E-state index in [0.29, 0.717) is 10.5 Å². The third-order valence-corrected chi connectivity index (χ3v) is 4.23. The molecule has 2 aromatic rings. The predicted octanol–water partition coefficient (Wildman–Crippen LogP) is 5.07. The van der Waals surface area contributed by atoms with Gasteiger partial charge >= 0.3 is 0 Å². The molecule has 1 atom stereocenters. The Balaban J connectivity index is 1.86. The molecule has 1 N–H and O–H groups in total. The molecule has 0 radical (unpaired) electrons. The van der Waals surface area contributed by atoms with Gasteiger partial charge in [-0.25, -0.2) is 4.39 Å². The van der Waals surface area contributed by atoms with Crippen LogP contribution in [0.5, 0.6) is 0 Å². The zero-order chi connectivity index (χ0) is 14.5. The first kappa shape index (κ1) is 15.7. The zero-order valence-corrected chi connectivity index (χ0v) is 14.3. The summed E-state index contributed by atoms with van der Waals surface area (Å²) in [5, 5.41) is 3.45. The van der Waals surface area contributed by atoms with E-state index in [9.17, 15) is 4.39 Å². The lowest BCUT2D eigenvalue weighted by Crippen LogP contribution is -2.27. The highest BCUT2D eigenvalue weighted by Gasteiger charge is 2.05. The molecule has 0 heterocycles. The minimum absolute atomic E-state index is 0.225. The predicted molar refractivity (Wildman–Crippen MR) is 88.2 cm³/mol. The number of hydrogen-bond acceptors (Lipinski definition) is 1. The topological polar surface area (TPSA) is 12.0 Å². The van der Waals surface area contributed by atoms with Crippen LogP contribution in [0.3, 0.4) is 0 Å². The summed E-state index contributed by atoms with van der Waals surface area (Å²) in [6.07, 6.45) is 0.968. The van der Waals surface area contributed by atoms with Crippen LogP contribution < -0.4 is 5.32 Å². The molecule has 0 amide bonds. The molecule has 0 bridgehead atoms. The van der Waals surface area contributed by atoms with E-state index in [-0.39, 0.29) is 5.82 Å². The molecule has 0 saturated heterocycles. The van der Waals surface area contributed by atoms with Crippen molar-refractivity contribution in [3.8, 4) is 0 Å². The van der Waals surface area contributed by atoms with Gasteiger partial charge in [0.25, 0.3) is 0 Å². The van der Waals surface area contributed by atoms with Crippen LogP contribution in [-0.2, 0) is 13.0 Å². The molecule has 106 valence electrons. The number of rotatable bonds is 5. The van der Waals surface area contributed by atoms with E-state index >= 15 is 0 Å². The van der Waals surface area contributed by atoms with Crippen LogP contribution in [0.1, 0.15) is 18.1 Å². The number of hydrogen-bond donors (Lipinski definition) is 1. The van der Waals surface area contributed by atoms with Crippen molar-refractivity contribution in [2.75, 3.05) is 0 Å². The molecular formula is C16H16Br2FN. The van der Waals surface area contributed by atoms with Crippen molar-refractivity contribution in [1.29, 1.82) is 0 Å². The third kappa shape index (κ3) is 4.69. The van der Waals surface area contributed by atoms with Crippen LogP contribution in [0.15, 0.2) is 51.4 Å². The SMILES string of the molecule is CC(Cc1ccc(Br)cc1)NCc1ccc(F)c(Br)c1. The highest BCUT2D eigenvalue weighted by molar-refractivity contribution is 9.10. The molecule has 4 heteroatoms. The third-order valence-electron chi connectivity index (χ3n) is 3.09. The van der Waals surface area contributed by atoms with Crippen LogP contribution in [0.25, 0.3) is 0 Å². The van der Waals surface area contributed by atoms with Gasteiger partial charge in [-0.2, -0.15) is 0 Å². The summed E-state index contributed by atoms with van der Waals surface area (Å²) in [5.41, 5.74) is 2.37. The summed E-state index contributed by atoms with van der Waals surface area (Å²) in [6, 6.07) is 13.8. The summed E-state index contributed by atoms with van der Waals surface area (Å²) in [5.74, 6) is -0.225. The van der Waals surface area contributed by atoms with Gasteiger partial charge in [0, 0.05) is 17.1 Å². The normalized spacial score (nSPS) is 12.4. The Kier molecular flexibility index (Phi) is 5.75. The Hall–Kier alpha value is -0.710. The fourth-order valence-corrected chi connectivity index (χ4v) is 2.68. The maximum atomic E-state index is 13.1. The van der Waals surface area contributed by atoms with E-state index in [0.717, 1.165) is 23.0 Å².